The largest absolute Gasteiger partial charge is 0.384 e. The van der Waals surface area contributed by atoms with Gasteiger partial charge in [-0.1, -0.05) is 29.5 Å². The third-order valence-electron chi connectivity index (χ3n) is 2.50. The third-order valence-corrected chi connectivity index (χ3v) is 5.13. The summed E-state index contributed by atoms with van der Waals surface area (Å²) in [6.07, 6.45) is 0. The molecule has 0 unspecified atom stereocenters. The first kappa shape index (κ1) is 16.0. The summed E-state index contributed by atoms with van der Waals surface area (Å²) in [5.41, 5.74) is 0. The van der Waals surface area contributed by atoms with Crippen molar-refractivity contribution in [1.82, 2.24) is 4.72 Å². The fraction of sp³-hybridized carbons (Fsp3) is 0.143. The molecule has 0 saturated heterocycles. The van der Waals surface area contributed by atoms with Gasteiger partial charge in [-0.15, -0.1) is 11.3 Å². The van der Waals surface area contributed by atoms with Gasteiger partial charge < -0.3 is 5.11 Å². The van der Waals surface area contributed by atoms with Crippen LogP contribution in [0.3, 0.4) is 0 Å². The Morgan fingerprint density at radius 2 is 2.10 bits per heavy atom. The highest BCUT2D eigenvalue weighted by Crippen LogP contribution is 2.18. The van der Waals surface area contributed by atoms with E-state index in [1.54, 1.807) is 24.3 Å². The maximum atomic E-state index is 12.1. The lowest BCUT2D eigenvalue weighted by Gasteiger charge is -2.05. The van der Waals surface area contributed by atoms with E-state index in [2.05, 4.69) is 16.6 Å². The van der Waals surface area contributed by atoms with Crippen LogP contribution in [0.4, 0.5) is 0 Å². The molecule has 1 heterocycles. The predicted molar refractivity (Wildman–Crippen MR) is 83.8 cm³/mol. The third kappa shape index (κ3) is 4.56. The smallest absolute Gasteiger partial charge is 0.240 e. The molecule has 0 bridgehead atoms. The maximum Gasteiger partial charge on any atom is 0.240 e. The monoisotopic (exact) mass is 341 g/mol. The molecule has 1 aromatic heterocycles. The molecule has 110 valence electrons. The van der Waals surface area contributed by atoms with Crippen molar-refractivity contribution in [2.45, 2.75) is 11.4 Å². The first-order valence-corrected chi connectivity index (χ1v) is 8.63. The molecule has 0 fully saturated rings. The topological polar surface area (TPSA) is 66.4 Å². The number of aliphatic hydroxyl groups excluding tert-OH is 1. The van der Waals surface area contributed by atoms with E-state index in [1.165, 1.54) is 23.5 Å². The molecule has 21 heavy (non-hydrogen) atoms. The molecule has 0 aliphatic carbocycles. The number of hydrogen-bond donors (Lipinski definition) is 2. The van der Waals surface area contributed by atoms with Gasteiger partial charge in [0.05, 0.1) is 9.77 Å². The number of aliphatic hydroxyl groups is 1. The quantitative estimate of drug-likeness (QED) is 0.838. The van der Waals surface area contributed by atoms with E-state index in [-0.39, 0.29) is 18.0 Å². The summed E-state index contributed by atoms with van der Waals surface area (Å²) in [6, 6.07) is 9.68. The number of rotatable bonds is 4. The Balaban J connectivity index is 2.07. The lowest BCUT2D eigenvalue weighted by atomic mass is 10.4. The molecular weight excluding hydrogens is 330 g/mol. The second-order valence-corrected chi connectivity index (χ2v) is 7.38. The van der Waals surface area contributed by atoms with Gasteiger partial charge in [0, 0.05) is 16.4 Å². The number of benzene rings is 1. The molecule has 2 aromatic rings. The van der Waals surface area contributed by atoms with Crippen molar-refractivity contribution >= 4 is 33.0 Å². The van der Waals surface area contributed by atoms with Crippen LogP contribution < -0.4 is 4.72 Å². The molecular formula is C14H12ClNO3S2. The maximum absolute atomic E-state index is 12.1. The lowest BCUT2D eigenvalue weighted by Crippen LogP contribution is -2.22. The second-order valence-electron chi connectivity index (χ2n) is 4.01. The van der Waals surface area contributed by atoms with Gasteiger partial charge >= 0.3 is 0 Å². The van der Waals surface area contributed by atoms with E-state index in [0.29, 0.717) is 5.02 Å². The zero-order valence-electron chi connectivity index (χ0n) is 10.8. The van der Waals surface area contributed by atoms with Crippen LogP contribution in [0, 0.1) is 11.8 Å². The summed E-state index contributed by atoms with van der Waals surface area (Å²) < 4.78 is 26.7. The van der Waals surface area contributed by atoms with Gasteiger partial charge in [0.25, 0.3) is 0 Å². The molecule has 0 amide bonds. The van der Waals surface area contributed by atoms with Crippen LogP contribution in [0.5, 0.6) is 0 Å². The molecule has 0 radical (unpaired) electrons. The molecule has 7 heteroatoms. The van der Waals surface area contributed by atoms with Gasteiger partial charge in [0.1, 0.15) is 6.61 Å². The van der Waals surface area contributed by atoms with Crippen LogP contribution in [-0.4, -0.2) is 20.1 Å². The molecule has 2 rings (SSSR count). The van der Waals surface area contributed by atoms with Crippen LogP contribution in [0.15, 0.2) is 41.3 Å². The first-order chi connectivity index (χ1) is 10.0. The summed E-state index contributed by atoms with van der Waals surface area (Å²) in [6.45, 7) is -0.0189. The number of sulfonamides is 1. The summed E-state index contributed by atoms with van der Waals surface area (Å²) in [5, 5.41) is 8.99. The van der Waals surface area contributed by atoms with Gasteiger partial charge in [0.15, 0.2) is 0 Å². The highest BCUT2D eigenvalue weighted by Gasteiger charge is 2.14. The Hall–Kier alpha value is -1.36. The molecule has 1 aromatic carbocycles. The van der Waals surface area contributed by atoms with E-state index in [0.717, 1.165) is 9.75 Å². The minimum atomic E-state index is -3.59. The van der Waals surface area contributed by atoms with Crippen molar-refractivity contribution < 1.29 is 13.5 Å². The molecule has 0 atom stereocenters. The average Bonchev–Trinajstić information content (AvgIpc) is 2.91. The van der Waals surface area contributed by atoms with Crippen LogP contribution in [0.1, 0.15) is 9.75 Å². The average molecular weight is 342 g/mol. The van der Waals surface area contributed by atoms with Crippen molar-refractivity contribution in [3.63, 3.8) is 0 Å². The minimum absolute atomic E-state index is 0.131. The summed E-state index contributed by atoms with van der Waals surface area (Å²) in [4.78, 5) is 1.75. The number of halogens is 1. The SMILES string of the molecule is O=S(=O)(NCc1ccc(C#CCO)s1)c1cccc(Cl)c1. The Labute approximate surface area is 132 Å². The van der Waals surface area contributed by atoms with Crippen molar-refractivity contribution in [2.24, 2.45) is 0 Å². The summed E-state index contributed by atoms with van der Waals surface area (Å²) >= 11 is 7.17. The van der Waals surface area contributed by atoms with Gasteiger partial charge in [-0.25, -0.2) is 13.1 Å². The number of hydrogen-bond acceptors (Lipinski definition) is 4. The lowest BCUT2D eigenvalue weighted by molar-refractivity contribution is 0.350. The van der Waals surface area contributed by atoms with Crippen LogP contribution in [-0.2, 0) is 16.6 Å². The molecule has 4 nitrogen and oxygen atoms in total. The van der Waals surface area contributed by atoms with Gasteiger partial charge in [-0.3, -0.25) is 0 Å². The van der Waals surface area contributed by atoms with Crippen molar-refractivity contribution in [3.8, 4) is 11.8 Å². The Kier molecular flexibility index (Phi) is 5.39. The number of thiophene rings is 1. The zero-order chi connectivity index (χ0) is 15.3. The summed E-state index contributed by atoms with van der Waals surface area (Å²) in [7, 11) is -3.59. The van der Waals surface area contributed by atoms with Crippen LogP contribution in [0.25, 0.3) is 0 Å². The van der Waals surface area contributed by atoms with Crippen molar-refractivity contribution in [1.29, 1.82) is 0 Å². The van der Waals surface area contributed by atoms with Gasteiger partial charge in [0.2, 0.25) is 10.0 Å². The van der Waals surface area contributed by atoms with Crippen molar-refractivity contribution in [3.05, 3.63) is 51.2 Å². The summed E-state index contributed by atoms with van der Waals surface area (Å²) in [5.74, 6) is 5.32. The Morgan fingerprint density at radius 1 is 1.29 bits per heavy atom. The fourth-order valence-corrected chi connectivity index (χ4v) is 3.77. The first-order valence-electron chi connectivity index (χ1n) is 5.95. The minimum Gasteiger partial charge on any atom is -0.384 e. The van der Waals surface area contributed by atoms with E-state index in [4.69, 9.17) is 16.7 Å². The number of nitrogens with one attached hydrogen (secondary N) is 1. The van der Waals surface area contributed by atoms with E-state index in [1.807, 2.05) is 0 Å². The predicted octanol–water partition coefficient (Wildman–Crippen LogP) is 2.22. The van der Waals surface area contributed by atoms with E-state index < -0.39 is 10.0 Å². The highest BCUT2D eigenvalue weighted by molar-refractivity contribution is 7.89. The van der Waals surface area contributed by atoms with Crippen LogP contribution >= 0.6 is 22.9 Å². The van der Waals surface area contributed by atoms with Crippen molar-refractivity contribution in [2.75, 3.05) is 6.61 Å². The molecule has 0 spiro atoms. The fourth-order valence-electron chi connectivity index (χ4n) is 1.55. The molecule has 0 aliphatic heterocycles. The highest BCUT2D eigenvalue weighted by atomic mass is 35.5. The van der Waals surface area contributed by atoms with Crippen LogP contribution in [0.2, 0.25) is 5.02 Å². The van der Waals surface area contributed by atoms with Gasteiger partial charge in [-0.05, 0) is 30.3 Å². The zero-order valence-corrected chi connectivity index (χ0v) is 13.2. The Bertz CT molecular complexity index is 788. The van der Waals surface area contributed by atoms with E-state index in [9.17, 15) is 8.42 Å². The molecule has 0 saturated carbocycles. The van der Waals surface area contributed by atoms with E-state index >= 15 is 0 Å². The molecule has 0 aliphatic rings. The standard InChI is InChI=1S/C14H12ClNO3S2/c15-11-3-1-5-14(9-11)21(18,19)16-10-13-7-6-12(20-13)4-2-8-17/h1,3,5-7,9,16-17H,8,10H2. The van der Waals surface area contributed by atoms with Gasteiger partial charge in [-0.2, -0.15) is 0 Å². The normalized spacial score (nSPS) is 11.0. The molecule has 2 N–H and O–H groups in total. The second kappa shape index (κ2) is 7.07. The Morgan fingerprint density at radius 3 is 2.81 bits per heavy atom.